The fourth-order valence-corrected chi connectivity index (χ4v) is 3.17. The molecule has 0 saturated carbocycles. The van der Waals surface area contributed by atoms with Crippen molar-refractivity contribution in [2.45, 2.75) is 37.8 Å². The van der Waals surface area contributed by atoms with Crippen LogP contribution >= 0.6 is 0 Å². The number of carbonyl (C=O) groups is 1. The zero-order valence-corrected chi connectivity index (χ0v) is 9.93. The van der Waals surface area contributed by atoms with Crippen LogP contribution in [0.4, 0.5) is 0 Å². The van der Waals surface area contributed by atoms with E-state index in [2.05, 4.69) is 11.5 Å². The van der Waals surface area contributed by atoms with Crippen LogP contribution in [0.15, 0.2) is 42.5 Å². The van der Waals surface area contributed by atoms with E-state index in [1.807, 2.05) is 30.3 Å². The summed E-state index contributed by atoms with van der Waals surface area (Å²) in [6, 6.07) is 10.4. The highest BCUT2D eigenvalue weighted by Crippen LogP contribution is 2.38. The standard InChI is InChI=1S/C15H17NO/c1-11-9-13-7-8-14(10-11)16(13)15(17)12-5-3-2-4-6-12/h2-6,13-14H,1,7-10H2/t13-,14+. The van der Waals surface area contributed by atoms with Crippen molar-refractivity contribution in [3.8, 4) is 0 Å². The Morgan fingerprint density at radius 3 is 2.29 bits per heavy atom. The van der Waals surface area contributed by atoms with Crippen LogP contribution in [-0.4, -0.2) is 22.9 Å². The van der Waals surface area contributed by atoms with Gasteiger partial charge in [-0.2, -0.15) is 0 Å². The Bertz CT molecular complexity index is 435. The predicted octanol–water partition coefficient (Wildman–Crippen LogP) is 3.01. The van der Waals surface area contributed by atoms with E-state index in [-0.39, 0.29) is 5.91 Å². The van der Waals surface area contributed by atoms with Gasteiger partial charge in [0.15, 0.2) is 0 Å². The van der Waals surface area contributed by atoms with Gasteiger partial charge in [-0.1, -0.05) is 30.4 Å². The minimum absolute atomic E-state index is 0.200. The molecule has 2 aliphatic heterocycles. The van der Waals surface area contributed by atoms with Crippen molar-refractivity contribution < 1.29 is 4.79 Å². The predicted molar refractivity (Wildman–Crippen MR) is 67.8 cm³/mol. The van der Waals surface area contributed by atoms with Gasteiger partial charge in [0, 0.05) is 17.6 Å². The molecule has 2 heteroatoms. The summed E-state index contributed by atoms with van der Waals surface area (Å²) in [5.41, 5.74) is 2.13. The minimum atomic E-state index is 0.200. The number of hydrogen-bond donors (Lipinski definition) is 0. The van der Waals surface area contributed by atoms with Crippen molar-refractivity contribution in [3.05, 3.63) is 48.0 Å². The van der Waals surface area contributed by atoms with Gasteiger partial charge in [0.25, 0.3) is 5.91 Å². The largest absolute Gasteiger partial charge is 0.332 e. The fraction of sp³-hybridized carbons (Fsp3) is 0.400. The molecule has 17 heavy (non-hydrogen) atoms. The lowest BCUT2D eigenvalue weighted by molar-refractivity contribution is 0.0635. The lowest BCUT2D eigenvalue weighted by Crippen LogP contribution is -2.44. The highest BCUT2D eigenvalue weighted by atomic mass is 16.2. The van der Waals surface area contributed by atoms with Gasteiger partial charge in [-0.15, -0.1) is 0 Å². The second-order valence-corrected chi connectivity index (χ2v) is 5.12. The average Bonchev–Trinajstić information content (AvgIpc) is 2.62. The molecule has 2 saturated heterocycles. The van der Waals surface area contributed by atoms with Crippen LogP contribution in [0.1, 0.15) is 36.0 Å². The molecule has 2 nitrogen and oxygen atoms in total. The molecule has 0 radical (unpaired) electrons. The number of rotatable bonds is 1. The minimum Gasteiger partial charge on any atom is -0.332 e. The van der Waals surface area contributed by atoms with Gasteiger partial charge < -0.3 is 4.90 Å². The SMILES string of the molecule is C=C1C[C@H]2CC[C@@H](C1)N2C(=O)c1ccccc1. The summed E-state index contributed by atoms with van der Waals surface area (Å²) in [7, 11) is 0. The molecule has 2 aliphatic rings. The summed E-state index contributed by atoms with van der Waals surface area (Å²) < 4.78 is 0. The van der Waals surface area contributed by atoms with Crippen molar-refractivity contribution in [1.29, 1.82) is 0 Å². The van der Waals surface area contributed by atoms with E-state index in [9.17, 15) is 4.79 Å². The third-order valence-corrected chi connectivity index (χ3v) is 3.92. The molecule has 1 aromatic rings. The maximum atomic E-state index is 12.5. The summed E-state index contributed by atoms with van der Waals surface area (Å²) in [5.74, 6) is 0.200. The summed E-state index contributed by atoms with van der Waals surface area (Å²) in [5, 5.41) is 0. The number of fused-ring (bicyclic) bond motifs is 2. The van der Waals surface area contributed by atoms with E-state index >= 15 is 0 Å². The van der Waals surface area contributed by atoms with E-state index in [4.69, 9.17) is 0 Å². The zero-order valence-electron chi connectivity index (χ0n) is 9.93. The quantitative estimate of drug-likeness (QED) is 0.675. The van der Waals surface area contributed by atoms with Crippen LogP contribution in [0.5, 0.6) is 0 Å². The molecular weight excluding hydrogens is 210 g/mol. The van der Waals surface area contributed by atoms with Gasteiger partial charge in [0.05, 0.1) is 0 Å². The van der Waals surface area contributed by atoms with Gasteiger partial charge in [-0.25, -0.2) is 0 Å². The molecule has 1 aromatic carbocycles. The fourth-order valence-electron chi connectivity index (χ4n) is 3.17. The first-order valence-electron chi connectivity index (χ1n) is 6.30. The van der Waals surface area contributed by atoms with Crippen molar-refractivity contribution in [2.75, 3.05) is 0 Å². The molecule has 0 unspecified atom stereocenters. The second kappa shape index (κ2) is 4.02. The first kappa shape index (κ1) is 10.6. The summed E-state index contributed by atoms with van der Waals surface area (Å²) in [6.45, 7) is 4.08. The van der Waals surface area contributed by atoms with E-state index in [1.54, 1.807) is 0 Å². The molecule has 1 amide bonds. The van der Waals surface area contributed by atoms with Gasteiger partial charge in [0.2, 0.25) is 0 Å². The van der Waals surface area contributed by atoms with Crippen LogP contribution in [0, 0.1) is 0 Å². The summed E-state index contributed by atoms with van der Waals surface area (Å²) >= 11 is 0. The topological polar surface area (TPSA) is 20.3 Å². The Kier molecular flexibility index (Phi) is 2.50. The third-order valence-electron chi connectivity index (χ3n) is 3.92. The highest BCUT2D eigenvalue weighted by Gasteiger charge is 2.40. The monoisotopic (exact) mass is 227 g/mol. The molecule has 0 spiro atoms. The van der Waals surface area contributed by atoms with Gasteiger partial charge >= 0.3 is 0 Å². The molecule has 0 N–H and O–H groups in total. The maximum absolute atomic E-state index is 12.5. The molecule has 2 fully saturated rings. The number of piperidine rings is 1. The molecule has 2 heterocycles. The van der Waals surface area contributed by atoms with Crippen LogP contribution < -0.4 is 0 Å². The Hall–Kier alpha value is -1.57. The highest BCUT2D eigenvalue weighted by molar-refractivity contribution is 5.95. The van der Waals surface area contributed by atoms with Crippen LogP contribution in [-0.2, 0) is 0 Å². The van der Waals surface area contributed by atoms with Crippen molar-refractivity contribution in [1.82, 2.24) is 4.90 Å². The molecule has 2 bridgehead atoms. The van der Waals surface area contributed by atoms with Crippen LogP contribution in [0.3, 0.4) is 0 Å². The smallest absolute Gasteiger partial charge is 0.254 e. The number of amides is 1. The van der Waals surface area contributed by atoms with E-state index < -0.39 is 0 Å². The molecule has 3 rings (SSSR count). The van der Waals surface area contributed by atoms with E-state index in [0.717, 1.165) is 31.2 Å². The number of nitrogens with zero attached hydrogens (tertiary/aromatic N) is 1. The van der Waals surface area contributed by atoms with Crippen molar-refractivity contribution >= 4 is 5.91 Å². The molecular formula is C15H17NO. The normalized spacial score (nSPS) is 27.3. The van der Waals surface area contributed by atoms with E-state index in [0.29, 0.717) is 12.1 Å². The molecule has 2 atom stereocenters. The second-order valence-electron chi connectivity index (χ2n) is 5.12. The van der Waals surface area contributed by atoms with Gasteiger partial charge in [-0.05, 0) is 37.8 Å². The van der Waals surface area contributed by atoms with Crippen molar-refractivity contribution in [3.63, 3.8) is 0 Å². The van der Waals surface area contributed by atoms with Crippen LogP contribution in [0.25, 0.3) is 0 Å². The third kappa shape index (κ3) is 1.78. The van der Waals surface area contributed by atoms with Crippen molar-refractivity contribution in [2.24, 2.45) is 0 Å². The molecule has 0 aromatic heterocycles. The van der Waals surface area contributed by atoms with Crippen LogP contribution in [0.2, 0.25) is 0 Å². The Balaban J connectivity index is 1.86. The maximum Gasteiger partial charge on any atom is 0.254 e. The van der Waals surface area contributed by atoms with Gasteiger partial charge in [-0.3, -0.25) is 4.79 Å². The Morgan fingerprint density at radius 1 is 1.12 bits per heavy atom. The summed E-state index contributed by atoms with van der Waals surface area (Å²) in [4.78, 5) is 14.6. The summed E-state index contributed by atoms with van der Waals surface area (Å²) in [6.07, 6.45) is 4.27. The lowest BCUT2D eigenvalue weighted by Gasteiger charge is -2.36. The lowest BCUT2D eigenvalue weighted by atomic mass is 9.97. The van der Waals surface area contributed by atoms with Gasteiger partial charge in [0.1, 0.15) is 0 Å². The average molecular weight is 227 g/mol. The van der Waals surface area contributed by atoms with E-state index in [1.165, 1.54) is 5.57 Å². The Labute approximate surface area is 102 Å². The Morgan fingerprint density at radius 2 is 1.71 bits per heavy atom. The number of hydrogen-bond acceptors (Lipinski definition) is 1. The first-order chi connectivity index (χ1) is 8.25. The zero-order chi connectivity index (χ0) is 11.8. The first-order valence-corrected chi connectivity index (χ1v) is 6.30. The molecule has 0 aliphatic carbocycles. The number of benzene rings is 1. The molecule has 88 valence electrons. The number of carbonyl (C=O) groups excluding carboxylic acids is 1.